The molecular formula is C16H21Cl2NO. The highest BCUT2D eigenvalue weighted by molar-refractivity contribution is 6.42. The molecule has 0 saturated carbocycles. The highest BCUT2D eigenvalue weighted by atomic mass is 35.5. The lowest BCUT2D eigenvalue weighted by Gasteiger charge is -2.43. The van der Waals surface area contributed by atoms with E-state index >= 15 is 0 Å². The van der Waals surface area contributed by atoms with Crippen molar-refractivity contribution in [2.75, 3.05) is 20.8 Å². The molecule has 4 heteroatoms. The number of halogens is 2. The largest absolute Gasteiger partial charge is 0.384 e. The molecule has 110 valence electrons. The first kappa shape index (κ1) is 14.6. The third-order valence-electron chi connectivity index (χ3n) is 5.16. The van der Waals surface area contributed by atoms with Crippen molar-refractivity contribution in [1.29, 1.82) is 0 Å². The molecule has 2 bridgehead atoms. The van der Waals surface area contributed by atoms with Gasteiger partial charge in [0.25, 0.3) is 0 Å². The van der Waals surface area contributed by atoms with Crippen LogP contribution in [0.4, 0.5) is 0 Å². The van der Waals surface area contributed by atoms with Crippen molar-refractivity contribution in [3.05, 3.63) is 33.8 Å². The van der Waals surface area contributed by atoms with Crippen LogP contribution >= 0.6 is 23.2 Å². The first-order valence-electron chi connectivity index (χ1n) is 7.27. The van der Waals surface area contributed by atoms with Crippen LogP contribution in [0.15, 0.2) is 18.2 Å². The smallest absolute Gasteiger partial charge is 0.0595 e. The molecule has 2 fully saturated rings. The third-order valence-corrected chi connectivity index (χ3v) is 5.90. The van der Waals surface area contributed by atoms with E-state index in [1.165, 1.54) is 24.8 Å². The van der Waals surface area contributed by atoms with Crippen LogP contribution in [0.1, 0.15) is 30.7 Å². The van der Waals surface area contributed by atoms with E-state index in [0.29, 0.717) is 34.0 Å². The number of piperidine rings is 1. The van der Waals surface area contributed by atoms with Crippen molar-refractivity contribution in [3.63, 3.8) is 0 Å². The molecule has 4 atom stereocenters. The van der Waals surface area contributed by atoms with E-state index in [2.05, 4.69) is 18.0 Å². The van der Waals surface area contributed by atoms with Gasteiger partial charge in [0.1, 0.15) is 0 Å². The molecule has 2 aliphatic rings. The number of hydrogen-bond acceptors (Lipinski definition) is 2. The fourth-order valence-corrected chi connectivity index (χ4v) is 4.43. The molecule has 0 radical (unpaired) electrons. The maximum Gasteiger partial charge on any atom is 0.0595 e. The van der Waals surface area contributed by atoms with Gasteiger partial charge in [-0.2, -0.15) is 0 Å². The second-order valence-corrected chi connectivity index (χ2v) is 6.91. The normalized spacial score (nSPS) is 33.6. The summed E-state index contributed by atoms with van der Waals surface area (Å²) in [4.78, 5) is 2.55. The number of rotatable bonds is 3. The van der Waals surface area contributed by atoms with Gasteiger partial charge in [-0.05, 0) is 49.9 Å². The summed E-state index contributed by atoms with van der Waals surface area (Å²) < 4.78 is 5.50. The quantitative estimate of drug-likeness (QED) is 0.829. The molecule has 0 amide bonds. The van der Waals surface area contributed by atoms with Gasteiger partial charge in [-0.15, -0.1) is 0 Å². The Kier molecular flexibility index (Phi) is 4.28. The van der Waals surface area contributed by atoms with E-state index in [0.717, 1.165) is 6.61 Å². The average molecular weight is 314 g/mol. The molecule has 2 nitrogen and oxygen atoms in total. The molecule has 0 aliphatic carbocycles. The number of hydrogen-bond donors (Lipinski definition) is 0. The lowest BCUT2D eigenvalue weighted by atomic mass is 9.76. The van der Waals surface area contributed by atoms with Gasteiger partial charge in [-0.1, -0.05) is 29.3 Å². The Morgan fingerprint density at radius 2 is 2.05 bits per heavy atom. The zero-order valence-electron chi connectivity index (χ0n) is 12.0. The van der Waals surface area contributed by atoms with Gasteiger partial charge < -0.3 is 9.64 Å². The molecule has 2 aliphatic heterocycles. The molecule has 2 saturated heterocycles. The lowest BCUT2D eigenvalue weighted by molar-refractivity contribution is 0.0405. The van der Waals surface area contributed by atoms with E-state index < -0.39 is 0 Å². The SMILES string of the molecule is COC[C@@H]1[C@H]2CC[C@H](C[C@H]1c1ccc(Cl)c(Cl)c1)N2C. The van der Waals surface area contributed by atoms with Crippen molar-refractivity contribution in [1.82, 2.24) is 4.90 Å². The van der Waals surface area contributed by atoms with Gasteiger partial charge >= 0.3 is 0 Å². The Balaban J connectivity index is 1.92. The molecule has 0 N–H and O–H groups in total. The number of nitrogens with zero attached hydrogens (tertiary/aromatic N) is 1. The standard InChI is InChI=1S/C16H21Cl2NO/c1-19-11-4-6-16(19)13(9-20-2)12(8-11)10-3-5-14(17)15(18)7-10/h3,5,7,11-13,16H,4,6,8-9H2,1-2H3/t11-,12+,13+,16-/m1/s1. The van der Waals surface area contributed by atoms with Crippen LogP contribution in [0, 0.1) is 5.92 Å². The predicted octanol–water partition coefficient (Wildman–Crippen LogP) is 4.21. The van der Waals surface area contributed by atoms with Crippen LogP contribution in [0.5, 0.6) is 0 Å². The van der Waals surface area contributed by atoms with Gasteiger partial charge in [-0.3, -0.25) is 0 Å². The summed E-state index contributed by atoms with van der Waals surface area (Å²) in [5.41, 5.74) is 1.31. The van der Waals surface area contributed by atoms with E-state index in [-0.39, 0.29) is 0 Å². The first-order chi connectivity index (χ1) is 9.61. The Bertz CT molecular complexity index is 493. The minimum absolute atomic E-state index is 0.526. The molecule has 0 aromatic heterocycles. The summed E-state index contributed by atoms with van der Waals surface area (Å²) in [6, 6.07) is 7.43. The van der Waals surface area contributed by atoms with Crippen molar-refractivity contribution < 1.29 is 4.74 Å². The summed E-state index contributed by atoms with van der Waals surface area (Å²) in [5, 5.41) is 1.29. The summed E-state index contributed by atoms with van der Waals surface area (Å²) in [5.74, 6) is 1.07. The topological polar surface area (TPSA) is 12.5 Å². The molecule has 20 heavy (non-hydrogen) atoms. The molecule has 3 rings (SSSR count). The second kappa shape index (κ2) is 5.84. The van der Waals surface area contributed by atoms with Crippen LogP contribution in [0.25, 0.3) is 0 Å². The average Bonchev–Trinajstić information content (AvgIpc) is 2.67. The number of ether oxygens (including phenoxy) is 1. The van der Waals surface area contributed by atoms with E-state index in [1.807, 2.05) is 12.1 Å². The van der Waals surface area contributed by atoms with Crippen molar-refractivity contribution in [3.8, 4) is 0 Å². The zero-order valence-corrected chi connectivity index (χ0v) is 13.5. The van der Waals surface area contributed by atoms with Crippen LogP contribution in [-0.2, 0) is 4.74 Å². The van der Waals surface area contributed by atoms with Crippen LogP contribution in [-0.4, -0.2) is 37.7 Å². The van der Waals surface area contributed by atoms with Gasteiger partial charge in [0, 0.05) is 25.1 Å². The van der Waals surface area contributed by atoms with E-state index in [9.17, 15) is 0 Å². The Labute approximate surface area is 131 Å². The van der Waals surface area contributed by atoms with Crippen molar-refractivity contribution in [2.45, 2.75) is 37.3 Å². The number of benzene rings is 1. The zero-order chi connectivity index (χ0) is 14.3. The fraction of sp³-hybridized carbons (Fsp3) is 0.625. The first-order valence-corrected chi connectivity index (χ1v) is 8.03. The van der Waals surface area contributed by atoms with E-state index in [1.54, 1.807) is 7.11 Å². The van der Waals surface area contributed by atoms with Gasteiger partial charge in [0.05, 0.1) is 16.7 Å². The van der Waals surface area contributed by atoms with Gasteiger partial charge in [0.2, 0.25) is 0 Å². The Morgan fingerprint density at radius 1 is 1.25 bits per heavy atom. The lowest BCUT2D eigenvalue weighted by Crippen LogP contribution is -2.47. The number of fused-ring (bicyclic) bond motifs is 2. The Morgan fingerprint density at radius 3 is 2.75 bits per heavy atom. The maximum absolute atomic E-state index is 6.20. The summed E-state index contributed by atoms with van der Waals surface area (Å²) in [6.45, 7) is 0.812. The second-order valence-electron chi connectivity index (χ2n) is 6.10. The van der Waals surface area contributed by atoms with Gasteiger partial charge in [-0.25, -0.2) is 0 Å². The minimum Gasteiger partial charge on any atom is -0.384 e. The van der Waals surface area contributed by atoms with Crippen molar-refractivity contribution >= 4 is 23.2 Å². The monoisotopic (exact) mass is 313 g/mol. The summed E-state index contributed by atoms with van der Waals surface area (Å²) >= 11 is 12.2. The molecular weight excluding hydrogens is 293 g/mol. The molecule has 1 aromatic carbocycles. The summed E-state index contributed by atoms with van der Waals surface area (Å²) in [6.07, 6.45) is 3.78. The van der Waals surface area contributed by atoms with Crippen LogP contribution < -0.4 is 0 Å². The molecule has 0 spiro atoms. The molecule has 0 unspecified atom stereocenters. The Hall–Kier alpha value is -0.280. The minimum atomic E-state index is 0.526. The highest BCUT2D eigenvalue weighted by Gasteiger charge is 2.45. The summed E-state index contributed by atoms with van der Waals surface area (Å²) in [7, 11) is 4.06. The van der Waals surface area contributed by atoms with Crippen LogP contribution in [0.2, 0.25) is 10.0 Å². The molecule has 2 heterocycles. The van der Waals surface area contributed by atoms with E-state index in [4.69, 9.17) is 27.9 Å². The number of methoxy groups -OCH3 is 1. The highest BCUT2D eigenvalue weighted by Crippen LogP contribution is 2.46. The fourth-order valence-electron chi connectivity index (χ4n) is 4.12. The third kappa shape index (κ3) is 2.48. The van der Waals surface area contributed by atoms with Crippen LogP contribution in [0.3, 0.4) is 0 Å². The molecule has 1 aromatic rings. The van der Waals surface area contributed by atoms with Crippen molar-refractivity contribution in [2.24, 2.45) is 5.92 Å². The van der Waals surface area contributed by atoms with Gasteiger partial charge in [0.15, 0.2) is 0 Å². The predicted molar refractivity (Wildman–Crippen MR) is 83.8 cm³/mol. The maximum atomic E-state index is 6.20.